The third-order valence-electron chi connectivity index (χ3n) is 24.7. The fourth-order valence-corrected chi connectivity index (χ4v) is 16.9. The lowest BCUT2D eigenvalue weighted by Gasteiger charge is -2.27. The van der Waals surface area contributed by atoms with E-state index < -0.39 is 110 Å². The average Bonchev–Trinajstić information content (AvgIpc) is 0.718. The summed E-state index contributed by atoms with van der Waals surface area (Å²) >= 11 is 0. The number of unbranched alkanes of at least 4 members (excludes halogenated alkanes) is 18. The van der Waals surface area contributed by atoms with Crippen LogP contribution in [0.15, 0.2) is 36.4 Å². The smallest absolute Gasteiger partial charge is 0.0794 e. The molecular weight excluding hydrogens is 1440 g/mol. The maximum absolute atomic E-state index is 12.8. The van der Waals surface area contributed by atoms with Crippen molar-refractivity contribution in [1.29, 1.82) is 0 Å². The first-order chi connectivity index (χ1) is 54.8. The third kappa shape index (κ3) is 40.5. The minimum Gasteiger partial charge on any atom is -0.393 e. The van der Waals surface area contributed by atoms with Gasteiger partial charge in [0, 0.05) is 0 Å². The fourth-order valence-electron chi connectivity index (χ4n) is 16.9. The van der Waals surface area contributed by atoms with E-state index in [2.05, 4.69) is 41.5 Å². The first-order valence-electron chi connectivity index (χ1n) is 46.6. The quantitative estimate of drug-likeness (QED) is 0.0144. The van der Waals surface area contributed by atoms with E-state index in [1.165, 1.54) is 0 Å². The van der Waals surface area contributed by atoms with Crippen LogP contribution < -0.4 is 0 Å². The van der Waals surface area contributed by atoms with Crippen molar-refractivity contribution in [2.45, 2.75) is 498 Å². The third-order valence-corrected chi connectivity index (χ3v) is 24.7. The molecule has 4 aromatic rings. The molecule has 0 saturated heterocycles. The Morgan fingerprint density at radius 1 is 0.140 bits per heavy atom. The number of aliphatic hydroxyl groups is 18. The number of benzene rings is 4. The summed E-state index contributed by atoms with van der Waals surface area (Å²) in [5.74, 6) is 0. The molecule has 4 rings (SSSR count). The number of hydrogen-bond acceptors (Lipinski definition) is 18. The first kappa shape index (κ1) is 103. The Bertz CT molecular complexity index is 2530. The molecule has 4 aromatic carbocycles. The van der Waals surface area contributed by atoms with Crippen molar-refractivity contribution in [3.05, 3.63) is 69.8 Å². The van der Waals surface area contributed by atoms with Gasteiger partial charge >= 0.3 is 0 Å². The summed E-state index contributed by atoms with van der Waals surface area (Å²) in [7, 11) is 0. The molecule has 0 bridgehead atoms. The van der Waals surface area contributed by atoms with E-state index in [4.69, 9.17) is 0 Å². The minimum absolute atomic E-state index is 0.0429. The normalized spacial score (nSPS) is 17.2. The second kappa shape index (κ2) is 60.4. The van der Waals surface area contributed by atoms with Gasteiger partial charge in [-0.15, -0.1) is 0 Å². The zero-order valence-corrected chi connectivity index (χ0v) is 72.1. The summed E-state index contributed by atoms with van der Waals surface area (Å²) in [6.45, 7) is 12.8. The van der Waals surface area contributed by atoms with Crippen LogP contribution in [0.3, 0.4) is 0 Å². The molecular formula is C96H168O18. The maximum atomic E-state index is 12.8. The number of hydrogen-bond donors (Lipinski definition) is 18. The lowest BCUT2D eigenvalue weighted by molar-refractivity contribution is 0.0792. The van der Waals surface area contributed by atoms with E-state index in [1.807, 2.05) is 36.4 Å². The van der Waals surface area contributed by atoms with Crippen LogP contribution in [-0.4, -0.2) is 165 Å². The summed E-state index contributed by atoms with van der Waals surface area (Å²) < 4.78 is 0. The highest BCUT2D eigenvalue weighted by molar-refractivity contribution is 6.26. The van der Waals surface area contributed by atoms with Gasteiger partial charge in [0.1, 0.15) is 0 Å². The van der Waals surface area contributed by atoms with Crippen molar-refractivity contribution in [2.24, 2.45) is 0 Å². The summed E-state index contributed by atoms with van der Waals surface area (Å²) in [6, 6.07) is 10.9. The predicted octanol–water partition coefficient (Wildman–Crippen LogP) is 18.9. The minimum atomic E-state index is -1.30. The molecule has 18 heteroatoms. The molecule has 18 N–H and O–H groups in total. The van der Waals surface area contributed by atoms with Crippen LogP contribution >= 0.6 is 0 Å². The van der Waals surface area contributed by atoms with Crippen molar-refractivity contribution in [3.8, 4) is 0 Å². The number of rotatable bonds is 72. The van der Waals surface area contributed by atoms with E-state index in [1.54, 1.807) is 0 Å². The van der Waals surface area contributed by atoms with Gasteiger partial charge in [-0.3, -0.25) is 0 Å². The Balaban J connectivity index is 2.11. The van der Waals surface area contributed by atoms with Crippen molar-refractivity contribution >= 4 is 32.3 Å². The van der Waals surface area contributed by atoms with Crippen molar-refractivity contribution in [2.75, 3.05) is 0 Å². The van der Waals surface area contributed by atoms with Gasteiger partial charge in [-0.1, -0.05) is 196 Å². The highest BCUT2D eigenvalue weighted by atomic mass is 16.3. The Labute approximate surface area is 688 Å². The van der Waals surface area contributed by atoms with E-state index in [0.717, 1.165) is 154 Å². The van der Waals surface area contributed by atoms with E-state index >= 15 is 0 Å². The van der Waals surface area contributed by atoms with Crippen LogP contribution in [0.25, 0.3) is 32.3 Å². The summed E-state index contributed by atoms with van der Waals surface area (Å²) in [6.07, 6.45) is 16.5. The molecule has 18 atom stereocenters. The zero-order chi connectivity index (χ0) is 83.7. The lowest BCUT2D eigenvalue weighted by Crippen LogP contribution is -2.17. The van der Waals surface area contributed by atoms with Gasteiger partial charge in [0.05, 0.1) is 110 Å². The Morgan fingerprint density at radius 3 is 0.360 bits per heavy atom. The molecule has 0 aliphatic carbocycles. The molecule has 0 spiro atoms. The van der Waals surface area contributed by atoms with Crippen molar-refractivity contribution < 1.29 is 91.9 Å². The number of aliphatic hydroxyl groups excluding tert-OH is 18. The largest absolute Gasteiger partial charge is 0.393 e. The zero-order valence-electron chi connectivity index (χ0n) is 72.1. The highest BCUT2D eigenvalue weighted by Gasteiger charge is 2.30. The molecule has 0 aliphatic rings. The van der Waals surface area contributed by atoms with E-state index in [0.29, 0.717) is 181 Å². The molecule has 0 radical (unpaired) electrons. The van der Waals surface area contributed by atoms with Gasteiger partial charge in [0.15, 0.2) is 0 Å². The monoisotopic (exact) mass is 1610 g/mol. The summed E-state index contributed by atoms with van der Waals surface area (Å²) in [5.41, 5.74) is 1.96. The molecule has 18 nitrogen and oxygen atoms in total. The van der Waals surface area contributed by atoms with Crippen molar-refractivity contribution in [3.63, 3.8) is 0 Å². The molecule has 660 valence electrons. The molecule has 0 fully saturated rings. The SMILES string of the molecule is CCCCCCC(O)CCC(O)CCC(O)c1cc2c3cc(C(O)CCC(O)CCC(O)CCCCCC)c(C(O)CCC(O)CCC(O)CCCCCC)cc3c3cc(C(O)CCC(O)CCC(O)CCCCCC)c(C(O)CCC(O)CCC(O)CCCCCC)cc3c2cc1C(O)CCC(O)CCC(O)CCCCCC. The Kier molecular flexibility index (Phi) is 54.8. The Hall–Kier alpha value is -3.06. The fraction of sp³-hybridized carbons (Fsp3) is 0.812. The first-order valence-corrected chi connectivity index (χ1v) is 46.6. The van der Waals surface area contributed by atoms with Gasteiger partial charge in [-0.25, -0.2) is 0 Å². The van der Waals surface area contributed by atoms with Gasteiger partial charge in [-0.05, 0) is 295 Å². The van der Waals surface area contributed by atoms with Crippen LogP contribution in [-0.2, 0) is 0 Å². The highest BCUT2D eigenvalue weighted by Crippen LogP contribution is 2.47. The maximum Gasteiger partial charge on any atom is 0.0794 e. The molecule has 0 heterocycles. The molecule has 0 saturated carbocycles. The summed E-state index contributed by atoms with van der Waals surface area (Å²) in [4.78, 5) is 0. The second-order valence-electron chi connectivity index (χ2n) is 35.0. The van der Waals surface area contributed by atoms with Gasteiger partial charge in [0.25, 0.3) is 0 Å². The molecule has 114 heavy (non-hydrogen) atoms. The molecule has 0 aromatic heterocycles. The van der Waals surface area contributed by atoms with Crippen molar-refractivity contribution in [1.82, 2.24) is 0 Å². The van der Waals surface area contributed by atoms with Crippen LogP contribution in [0.4, 0.5) is 0 Å². The van der Waals surface area contributed by atoms with Gasteiger partial charge in [0.2, 0.25) is 0 Å². The number of fused-ring (bicyclic) bond motifs is 6. The van der Waals surface area contributed by atoms with E-state index in [-0.39, 0.29) is 77.0 Å². The standard InChI is InChI=1S/C96H168O18/c1-7-13-19-25-31-67(97)37-43-73(103)49-55-91(109)85-61-79-80(62-86(85)92(110)56-50-74(104)44-38-68(98)32-26-20-14-8-2)82-64-88(94(112)58-52-76(106)46-40-70(100)34-28-22-16-10-4)90(96(114)60-54-78(108)48-42-72(102)36-30-24-18-12-6)66-84(82)83-65-89(95(113)59-53-77(107)47-41-71(101)35-29-23-17-11-5)87(63-81(79)83)93(111)57-51-75(105)45-39-69(99)33-27-21-15-9-3/h61-78,91-114H,7-60H2,1-6H3. The average molecular weight is 1610 g/mol. The van der Waals surface area contributed by atoms with Gasteiger partial charge in [-0.2, -0.15) is 0 Å². The van der Waals surface area contributed by atoms with Crippen LogP contribution in [0.1, 0.15) is 458 Å². The molecule has 0 aliphatic heterocycles. The second-order valence-corrected chi connectivity index (χ2v) is 35.0. The predicted molar refractivity (Wildman–Crippen MR) is 464 cm³/mol. The van der Waals surface area contributed by atoms with Crippen LogP contribution in [0.2, 0.25) is 0 Å². The lowest BCUT2D eigenvalue weighted by atomic mass is 9.81. The topological polar surface area (TPSA) is 364 Å². The van der Waals surface area contributed by atoms with Crippen LogP contribution in [0.5, 0.6) is 0 Å². The molecule has 0 amide bonds. The van der Waals surface area contributed by atoms with E-state index in [9.17, 15) is 91.9 Å². The van der Waals surface area contributed by atoms with Crippen LogP contribution in [0, 0.1) is 0 Å². The summed E-state index contributed by atoms with van der Waals surface area (Å²) in [5, 5.41) is 215. The molecule has 18 unspecified atom stereocenters. The Morgan fingerprint density at radius 2 is 0.246 bits per heavy atom. The van der Waals surface area contributed by atoms with Gasteiger partial charge < -0.3 is 91.9 Å².